The lowest BCUT2D eigenvalue weighted by atomic mass is 10.1. The van der Waals surface area contributed by atoms with Crippen molar-refractivity contribution >= 4 is 40.3 Å². The van der Waals surface area contributed by atoms with Crippen molar-refractivity contribution < 1.29 is 9.53 Å². The van der Waals surface area contributed by atoms with E-state index in [1.165, 1.54) is 24.6 Å². The molecule has 3 rings (SSSR count). The number of benzene rings is 1. The highest BCUT2D eigenvalue weighted by Gasteiger charge is 2.38. The first-order chi connectivity index (χ1) is 11.2. The molecule has 122 valence electrons. The highest BCUT2D eigenvalue weighted by Crippen LogP contribution is 2.38. The molecule has 0 aromatic heterocycles. The molecule has 0 spiro atoms. The number of rotatable bonds is 5. The normalized spacial score (nSPS) is 20.7. The lowest BCUT2D eigenvalue weighted by Crippen LogP contribution is -2.36. The highest BCUT2D eigenvalue weighted by atomic mass is 32.2. The van der Waals surface area contributed by atoms with Crippen molar-refractivity contribution in [3.8, 4) is 5.75 Å². The molecule has 1 aromatic rings. The van der Waals surface area contributed by atoms with E-state index < -0.39 is 0 Å². The van der Waals surface area contributed by atoms with Crippen molar-refractivity contribution in [2.45, 2.75) is 45.1 Å². The predicted molar refractivity (Wildman–Crippen MR) is 99.5 cm³/mol. The van der Waals surface area contributed by atoms with Crippen LogP contribution in [0.25, 0.3) is 6.08 Å². The summed E-state index contributed by atoms with van der Waals surface area (Å²) in [7, 11) is 0. The standard InChI is InChI=1S/C18H21NO2S2/c1-2-11-21-15-10-6-3-7-13(15)12-16-17(20)19(18(22)23-16)14-8-4-5-9-14/h3,6-7,10,12,14H,2,4-5,8-9,11H2,1H3/b16-12-. The molecule has 3 nitrogen and oxygen atoms in total. The van der Waals surface area contributed by atoms with Gasteiger partial charge in [-0.3, -0.25) is 9.69 Å². The molecule has 1 aromatic carbocycles. The molecule has 1 saturated heterocycles. The summed E-state index contributed by atoms with van der Waals surface area (Å²) >= 11 is 6.86. The van der Waals surface area contributed by atoms with Crippen LogP contribution >= 0.6 is 24.0 Å². The van der Waals surface area contributed by atoms with Crippen LogP contribution in [-0.2, 0) is 4.79 Å². The van der Waals surface area contributed by atoms with Crippen molar-refractivity contribution in [2.24, 2.45) is 0 Å². The van der Waals surface area contributed by atoms with Crippen LogP contribution in [0.5, 0.6) is 5.75 Å². The van der Waals surface area contributed by atoms with Gasteiger partial charge in [-0.05, 0) is 31.4 Å². The van der Waals surface area contributed by atoms with Gasteiger partial charge in [-0.2, -0.15) is 0 Å². The molecule has 1 saturated carbocycles. The molecule has 1 amide bonds. The van der Waals surface area contributed by atoms with E-state index in [9.17, 15) is 4.79 Å². The molecule has 0 unspecified atom stereocenters. The van der Waals surface area contributed by atoms with Crippen LogP contribution in [0.2, 0.25) is 0 Å². The Bertz CT molecular complexity index is 636. The fraction of sp³-hybridized carbons (Fsp3) is 0.444. The Hall–Kier alpha value is -1.33. The van der Waals surface area contributed by atoms with E-state index in [0.29, 0.717) is 21.9 Å². The summed E-state index contributed by atoms with van der Waals surface area (Å²) in [5.41, 5.74) is 0.938. The number of hydrogen-bond donors (Lipinski definition) is 0. The Morgan fingerprint density at radius 3 is 2.83 bits per heavy atom. The number of para-hydroxylation sites is 1. The molecular formula is C18H21NO2S2. The first-order valence-electron chi connectivity index (χ1n) is 8.19. The topological polar surface area (TPSA) is 29.5 Å². The van der Waals surface area contributed by atoms with Gasteiger partial charge in [0.2, 0.25) is 0 Å². The zero-order chi connectivity index (χ0) is 16.2. The van der Waals surface area contributed by atoms with E-state index in [4.69, 9.17) is 17.0 Å². The van der Waals surface area contributed by atoms with E-state index in [1.54, 1.807) is 0 Å². The molecule has 0 radical (unpaired) electrons. The first kappa shape index (κ1) is 16.5. The van der Waals surface area contributed by atoms with Gasteiger partial charge in [0.1, 0.15) is 10.1 Å². The number of carbonyl (C=O) groups is 1. The number of carbonyl (C=O) groups excluding carboxylic acids is 1. The number of thioether (sulfide) groups is 1. The summed E-state index contributed by atoms with van der Waals surface area (Å²) in [6.45, 7) is 2.75. The maximum absolute atomic E-state index is 12.7. The summed E-state index contributed by atoms with van der Waals surface area (Å²) < 4.78 is 6.47. The molecule has 1 heterocycles. The third-order valence-electron chi connectivity index (χ3n) is 4.18. The van der Waals surface area contributed by atoms with E-state index in [2.05, 4.69) is 6.92 Å². The highest BCUT2D eigenvalue weighted by molar-refractivity contribution is 8.26. The zero-order valence-corrected chi connectivity index (χ0v) is 14.9. The molecule has 0 N–H and O–H groups in total. The second kappa shape index (κ2) is 7.49. The average Bonchev–Trinajstić information content (AvgIpc) is 3.15. The smallest absolute Gasteiger partial charge is 0.266 e. The van der Waals surface area contributed by atoms with Gasteiger partial charge in [-0.1, -0.05) is 61.9 Å². The van der Waals surface area contributed by atoms with Gasteiger partial charge < -0.3 is 4.74 Å². The maximum atomic E-state index is 12.7. The fourth-order valence-electron chi connectivity index (χ4n) is 3.04. The molecule has 0 atom stereocenters. The maximum Gasteiger partial charge on any atom is 0.266 e. The van der Waals surface area contributed by atoms with Gasteiger partial charge in [-0.15, -0.1) is 0 Å². The Balaban J connectivity index is 1.83. The number of thiocarbonyl (C=S) groups is 1. The fourth-order valence-corrected chi connectivity index (χ4v) is 4.43. The third kappa shape index (κ3) is 3.61. The molecular weight excluding hydrogens is 326 g/mol. The van der Waals surface area contributed by atoms with Crippen LogP contribution in [0.3, 0.4) is 0 Å². The second-order valence-corrected chi connectivity index (χ2v) is 7.55. The molecule has 0 bridgehead atoms. The molecule has 1 aliphatic heterocycles. The zero-order valence-electron chi connectivity index (χ0n) is 13.3. The van der Waals surface area contributed by atoms with Gasteiger partial charge in [0.15, 0.2) is 0 Å². The summed E-state index contributed by atoms with van der Waals surface area (Å²) in [6, 6.07) is 8.13. The Morgan fingerprint density at radius 1 is 1.35 bits per heavy atom. The summed E-state index contributed by atoms with van der Waals surface area (Å²) in [6.07, 6.45) is 7.38. The van der Waals surface area contributed by atoms with E-state index in [-0.39, 0.29) is 5.91 Å². The van der Waals surface area contributed by atoms with Gasteiger partial charge in [-0.25, -0.2) is 0 Å². The van der Waals surface area contributed by atoms with Crippen LogP contribution in [0.4, 0.5) is 0 Å². The summed E-state index contributed by atoms with van der Waals surface area (Å²) in [5.74, 6) is 0.873. The number of hydrogen-bond acceptors (Lipinski definition) is 4. The first-order valence-corrected chi connectivity index (χ1v) is 9.42. The SMILES string of the molecule is CCCOc1ccccc1/C=C1\SC(=S)N(C2CCCC2)C1=O. The van der Waals surface area contributed by atoms with Gasteiger partial charge in [0, 0.05) is 11.6 Å². The molecule has 23 heavy (non-hydrogen) atoms. The second-order valence-electron chi connectivity index (χ2n) is 5.88. The molecule has 2 fully saturated rings. The predicted octanol–water partition coefficient (Wildman–Crippen LogP) is 4.62. The average molecular weight is 348 g/mol. The minimum atomic E-state index is 0.0530. The lowest BCUT2D eigenvalue weighted by Gasteiger charge is -2.21. The van der Waals surface area contributed by atoms with Crippen LogP contribution < -0.4 is 4.74 Å². The van der Waals surface area contributed by atoms with Crippen molar-refractivity contribution in [3.63, 3.8) is 0 Å². The number of amides is 1. The quantitative estimate of drug-likeness (QED) is 0.574. The Kier molecular flexibility index (Phi) is 5.38. The number of ether oxygens (including phenoxy) is 1. The van der Waals surface area contributed by atoms with Crippen molar-refractivity contribution in [3.05, 3.63) is 34.7 Å². The van der Waals surface area contributed by atoms with Crippen molar-refractivity contribution in [1.82, 2.24) is 4.90 Å². The van der Waals surface area contributed by atoms with Crippen molar-refractivity contribution in [2.75, 3.05) is 6.61 Å². The van der Waals surface area contributed by atoms with Crippen LogP contribution in [0.1, 0.15) is 44.6 Å². The third-order valence-corrected chi connectivity index (χ3v) is 5.51. The minimum absolute atomic E-state index is 0.0530. The summed E-state index contributed by atoms with van der Waals surface area (Å²) in [5, 5.41) is 0. The summed E-state index contributed by atoms with van der Waals surface area (Å²) in [4.78, 5) is 15.3. The molecule has 5 heteroatoms. The monoisotopic (exact) mass is 347 g/mol. The van der Waals surface area contributed by atoms with Gasteiger partial charge in [0.25, 0.3) is 5.91 Å². The van der Waals surface area contributed by atoms with Gasteiger partial charge >= 0.3 is 0 Å². The van der Waals surface area contributed by atoms with Crippen LogP contribution in [0, 0.1) is 0 Å². The van der Waals surface area contributed by atoms with E-state index in [1.807, 2.05) is 35.2 Å². The van der Waals surface area contributed by atoms with Gasteiger partial charge in [0.05, 0.1) is 11.5 Å². The van der Waals surface area contributed by atoms with E-state index >= 15 is 0 Å². The largest absolute Gasteiger partial charge is 0.493 e. The lowest BCUT2D eigenvalue weighted by molar-refractivity contribution is -0.123. The Morgan fingerprint density at radius 2 is 2.09 bits per heavy atom. The minimum Gasteiger partial charge on any atom is -0.493 e. The Labute approximate surface area is 147 Å². The number of nitrogens with zero attached hydrogens (tertiary/aromatic N) is 1. The molecule has 2 aliphatic rings. The van der Waals surface area contributed by atoms with Crippen molar-refractivity contribution in [1.29, 1.82) is 0 Å². The van der Waals surface area contributed by atoms with Crippen LogP contribution in [-0.4, -0.2) is 27.8 Å². The van der Waals surface area contributed by atoms with Crippen LogP contribution in [0.15, 0.2) is 29.2 Å². The van der Waals surface area contributed by atoms with E-state index in [0.717, 1.165) is 30.6 Å². The molecule has 1 aliphatic carbocycles.